The molecule has 0 fully saturated rings. The van der Waals surface area contributed by atoms with Gasteiger partial charge in [0.05, 0.1) is 0 Å². The fourth-order valence-electron chi connectivity index (χ4n) is 1.38. The fraction of sp³-hybridized carbons (Fsp3) is 0.538. The van der Waals surface area contributed by atoms with Crippen LogP contribution < -0.4 is 5.32 Å². The van der Waals surface area contributed by atoms with Crippen LogP contribution in [0.3, 0.4) is 0 Å². The molecule has 0 atom stereocenters. The van der Waals surface area contributed by atoms with E-state index >= 15 is 0 Å². The van der Waals surface area contributed by atoms with Crippen molar-refractivity contribution in [2.75, 3.05) is 32.6 Å². The van der Waals surface area contributed by atoms with E-state index in [0.29, 0.717) is 0 Å². The first-order chi connectivity index (χ1) is 8.33. The number of benzene rings is 1. The molecule has 0 heterocycles. The molecular weight excluding hydrogens is 254 g/mol. The molecule has 0 saturated heterocycles. The molecule has 1 aromatic rings. The van der Waals surface area contributed by atoms with E-state index < -0.39 is 0 Å². The Balaban J connectivity index is 1.95. The maximum Gasteiger partial charge on any atom is 0.0474 e. The van der Waals surface area contributed by atoms with Crippen LogP contribution in [0.5, 0.6) is 0 Å². The Morgan fingerprint density at radius 1 is 1.18 bits per heavy atom. The molecule has 1 aromatic carbocycles. The monoisotopic (exact) mass is 273 g/mol. The number of rotatable bonds is 9. The van der Waals surface area contributed by atoms with E-state index in [4.69, 9.17) is 16.3 Å². The molecule has 0 spiro atoms. The third-order valence-corrected chi connectivity index (χ3v) is 3.63. The minimum atomic E-state index is 0.800. The van der Waals surface area contributed by atoms with Crippen LogP contribution in [-0.4, -0.2) is 32.6 Å². The quantitative estimate of drug-likeness (QED) is 0.550. The Morgan fingerprint density at radius 2 is 1.88 bits per heavy atom. The number of ether oxygens (including phenoxy) is 1. The van der Waals surface area contributed by atoms with Gasteiger partial charge in [0, 0.05) is 23.6 Å². The molecule has 1 N–H and O–H groups in total. The lowest BCUT2D eigenvalue weighted by Crippen LogP contribution is -2.18. The van der Waals surface area contributed by atoms with Gasteiger partial charge in [-0.25, -0.2) is 0 Å². The molecule has 0 amide bonds. The summed E-state index contributed by atoms with van der Waals surface area (Å²) < 4.78 is 4.98. The minimum Gasteiger partial charge on any atom is -0.385 e. The van der Waals surface area contributed by atoms with Crippen LogP contribution in [-0.2, 0) is 4.74 Å². The Labute approximate surface area is 113 Å². The largest absolute Gasteiger partial charge is 0.385 e. The van der Waals surface area contributed by atoms with Crippen LogP contribution in [0.25, 0.3) is 0 Å². The first-order valence-electron chi connectivity index (χ1n) is 5.91. The van der Waals surface area contributed by atoms with E-state index in [0.717, 1.165) is 36.9 Å². The van der Waals surface area contributed by atoms with Crippen molar-refractivity contribution in [3.63, 3.8) is 0 Å². The molecule has 0 aliphatic heterocycles. The normalized spacial score (nSPS) is 10.7. The van der Waals surface area contributed by atoms with Crippen LogP contribution in [0.4, 0.5) is 0 Å². The zero-order chi connectivity index (χ0) is 12.3. The third-order valence-electron chi connectivity index (χ3n) is 2.28. The van der Waals surface area contributed by atoms with Crippen molar-refractivity contribution >= 4 is 23.4 Å². The van der Waals surface area contributed by atoms with E-state index in [1.807, 2.05) is 23.9 Å². The molecule has 2 nitrogen and oxygen atoms in total. The van der Waals surface area contributed by atoms with Gasteiger partial charge in [0.1, 0.15) is 0 Å². The molecule has 0 saturated carbocycles. The second-order valence-electron chi connectivity index (χ2n) is 3.75. The van der Waals surface area contributed by atoms with E-state index in [1.165, 1.54) is 11.3 Å². The zero-order valence-corrected chi connectivity index (χ0v) is 11.8. The molecule has 0 bridgehead atoms. The van der Waals surface area contributed by atoms with E-state index in [-0.39, 0.29) is 0 Å². The summed E-state index contributed by atoms with van der Waals surface area (Å²) in [6.45, 7) is 2.95. The molecule has 0 aliphatic carbocycles. The molecule has 17 heavy (non-hydrogen) atoms. The van der Waals surface area contributed by atoms with Crippen molar-refractivity contribution < 1.29 is 4.74 Å². The highest BCUT2D eigenvalue weighted by Crippen LogP contribution is 2.20. The number of hydrogen-bond acceptors (Lipinski definition) is 3. The average Bonchev–Trinajstić information content (AvgIpc) is 2.35. The van der Waals surface area contributed by atoms with E-state index in [2.05, 4.69) is 17.4 Å². The van der Waals surface area contributed by atoms with Gasteiger partial charge in [-0.05, 0) is 55.9 Å². The Kier molecular flexibility index (Phi) is 8.53. The van der Waals surface area contributed by atoms with Crippen molar-refractivity contribution in [3.8, 4) is 0 Å². The standard InChI is InChI=1S/C13H20ClNOS/c1-16-10-2-8-15-9-3-11-17-13-6-4-12(14)5-7-13/h4-7,15H,2-3,8-11H2,1H3. The Morgan fingerprint density at radius 3 is 2.59 bits per heavy atom. The predicted octanol–water partition coefficient (Wildman–Crippen LogP) is 3.45. The van der Waals surface area contributed by atoms with Gasteiger partial charge in [0.15, 0.2) is 0 Å². The lowest BCUT2D eigenvalue weighted by molar-refractivity contribution is 0.194. The molecule has 0 radical (unpaired) electrons. The van der Waals surface area contributed by atoms with Crippen molar-refractivity contribution in [1.82, 2.24) is 5.32 Å². The topological polar surface area (TPSA) is 21.3 Å². The second kappa shape index (κ2) is 9.77. The summed E-state index contributed by atoms with van der Waals surface area (Å²) in [6.07, 6.45) is 2.26. The van der Waals surface area contributed by atoms with Gasteiger partial charge in [-0.2, -0.15) is 0 Å². The summed E-state index contributed by atoms with van der Waals surface area (Å²) in [6, 6.07) is 8.01. The highest BCUT2D eigenvalue weighted by Gasteiger charge is 1.94. The van der Waals surface area contributed by atoms with Gasteiger partial charge >= 0.3 is 0 Å². The zero-order valence-electron chi connectivity index (χ0n) is 10.2. The third kappa shape index (κ3) is 7.66. The minimum absolute atomic E-state index is 0.800. The molecule has 4 heteroatoms. The lowest BCUT2D eigenvalue weighted by atomic mass is 10.4. The van der Waals surface area contributed by atoms with Crippen molar-refractivity contribution in [3.05, 3.63) is 29.3 Å². The lowest BCUT2D eigenvalue weighted by Gasteiger charge is -2.04. The van der Waals surface area contributed by atoms with Gasteiger partial charge in [0.2, 0.25) is 0 Å². The van der Waals surface area contributed by atoms with Crippen molar-refractivity contribution in [1.29, 1.82) is 0 Å². The van der Waals surface area contributed by atoms with Gasteiger partial charge < -0.3 is 10.1 Å². The fourth-order valence-corrected chi connectivity index (χ4v) is 2.36. The maximum absolute atomic E-state index is 5.83. The van der Waals surface area contributed by atoms with Crippen LogP contribution in [0.15, 0.2) is 29.2 Å². The van der Waals surface area contributed by atoms with Crippen LogP contribution in [0.1, 0.15) is 12.8 Å². The Bertz CT molecular complexity index is 292. The summed E-state index contributed by atoms with van der Waals surface area (Å²) in [5, 5.41) is 4.20. The smallest absolute Gasteiger partial charge is 0.0474 e. The SMILES string of the molecule is COCCCNCCCSc1ccc(Cl)cc1. The van der Waals surface area contributed by atoms with Gasteiger partial charge in [0.25, 0.3) is 0 Å². The summed E-state index contributed by atoms with van der Waals surface area (Å²) in [5.74, 6) is 1.14. The number of halogens is 1. The summed E-state index contributed by atoms with van der Waals surface area (Å²) in [7, 11) is 1.74. The number of nitrogens with one attached hydrogen (secondary N) is 1. The number of hydrogen-bond donors (Lipinski definition) is 1. The second-order valence-corrected chi connectivity index (χ2v) is 5.36. The van der Waals surface area contributed by atoms with Crippen LogP contribution in [0.2, 0.25) is 5.02 Å². The van der Waals surface area contributed by atoms with E-state index in [1.54, 1.807) is 7.11 Å². The summed E-state index contributed by atoms with van der Waals surface area (Å²) in [4.78, 5) is 1.29. The molecule has 0 unspecified atom stereocenters. The first kappa shape index (κ1) is 14.8. The molecule has 1 rings (SSSR count). The Hall–Kier alpha value is -0.220. The van der Waals surface area contributed by atoms with Crippen LogP contribution in [0, 0.1) is 0 Å². The first-order valence-corrected chi connectivity index (χ1v) is 7.27. The van der Waals surface area contributed by atoms with Gasteiger partial charge in [-0.15, -0.1) is 11.8 Å². The molecule has 0 aliphatic rings. The maximum atomic E-state index is 5.83. The predicted molar refractivity (Wildman–Crippen MR) is 76.2 cm³/mol. The van der Waals surface area contributed by atoms with Crippen LogP contribution >= 0.6 is 23.4 Å². The summed E-state index contributed by atoms with van der Waals surface area (Å²) >= 11 is 7.70. The number of methoxy groups -OCH3 is 1. The summed E-state index contributed by atoms with van der Waals surface area (Å²) in [5.41, 5.74) is 0. The molecular formula is C13H20ClNOS. The highest BCUT2D eigenvalue weighted by atomic mass is 35.5. The van der Waals surface area contributed by atoms with Gasteiger partial charge in [-0.1, -0.05) is 11.6 Å². The highest BCUT2D eigenvalue weighted by molar-refractivity contribution is 7.99. The molecule has 96 valence electrons. The van der Waals surface area contributed by atoms with Crippen molar-refractivity contribution in [2.45, 2.75) is 17.7 Å². The van der Waals surface area contributed by atoms with E-state index in [9.17, 15) is 0 Å². The van der Waals surface area contributed by atoms with Crippen molar-refractivity contribution in [2.24, 2.45) is 0 Å². The number of thioether (sulfide) groups is 1. The molecule has 0 aromatic heterocycles. The van der Waals surface area contributed by atoms with Gasteiger partial charge in [-0.3, -0.25) is 0 Å². The average molecular weight is 274 g/mol.